The number of hydrogen-bond acceptors (Lipinski definition) is 3. The Balaban J connectivity index is 2.13. The van der Waals surface area contributed by atoms with Crippen LogP contribution in [0.4, 0.5) is 5.69 Å². The van der Waals surface area contributed by atoms with E-state index in [0.717, 1.165) is 5.56 Å². The molecule has 1 atom stereocenters. The molecule has 0 heterocycles. The van der Waals surface area contributed by atoms with Crippen molar-refractivity contribution in [3.63, 3.8) is 0 Å². The highest BCUT2D eigenvalue weighted by Crippen LogP contribution is 2.24. The van der Waals surface area contributed by atoms with Crippen LogP contribution in [-0.2, 0) is 16.4 Å². The first-order valence-corrected chi connectivity index (χ1v) is 8.77. The van der Waals surface area contributed by atoms with Crippen LogP contribution in [0.5, 0.6) is 0 Å². The van der Waals surface area contributed by atoms with E-state index in [1.54, 1.807) is 12.1 Å². The maximum Gasteiger partial charge on any atom is 0.241 e. The van der Waals surface area contributed by atoms with Crippen LogP contribution in [0.25, 0.3) is 0 Å². The zero-order valence-corrected chi connectivity index (χ0v) is 14.0. The zero-order chi connectivity index (χ0) is 15.5. The number of benzene rings is 2. The van der Waals surface area contributed by atoms with E-state index in [-0.39, 0.29) is 10.9 Å². The van der Waals surface area contributed by atoms with Crippen molar-refractivity contribution in [1.29, 1.82) is 0 Å². The largest absolute Gasteiger partial charge is 0.399 e. The van der Waals surface area contributed by atoms with Gasteiger partial charge in [-0.2, -0.15) is 0 Å². The summed E-state index contributed by atoms with van der Waals surface area (Å²) in [5.74, 6) is 0. The average molecular weight is 369 g/mol. The standard InChI is InChI=1S/C15H17BrN2O2S/c1-11(9-12-5-3-2-4-6-12)18-21(19,20)15-8-7-13(17)10-14(15)16/h2-8,10-11,18H,9,17H2,1H3. The van der Waals surface area contributed by atoms with Crippen molar-refractivity contribution in [3.8, 4) is 0 Å². The monoisotopic (exact) mass is 368 g/mol. The van der Waals surface area contributed by atoms with Crippen LogP contribution in [0.1, 0.15) is 12.5 Å². The van der Waals surface area contributed by atoms with Crippen LogP contribution in [0.2, 0.25) is 0 Å². The SMILES string of the molecule is CC(Cc1ccccc1)NS(=O)(=O)c1ccc(N)cc1Br. The van der Waals surface area contributed by atoms with Crippen molar-refractivity contribution in [2.24, 2.45) is 0 Å². The van der Waals surface area contributed by atoms with E-state index in [2.05, 4.69) is 20.7 Å². The average Bonchev–Trinajstić information content (AvgIpc) is 2.38. The number of sulfonamides is 1. The molecule has 0 amide bonds. The number of hydrogen-bond donors (Lipinski definition) is 2. The lowest BCUT2D eigenvalue weighted by atomic mass is 10.1. The van der Waals surface area contributed by atoms with E-state index < -0.39 is 10.0 Å². The van der Waals surface area contributed by atoms with Crippen molar-refractivity contribution < 1.29 is 8.42 Å². The number of anilines is 1. The van der Waals surface area contributed by atoms with Gasteiger partial charge >= 0.3 is 0 Å². The summed E-state index contributed by atoms with van der Waals surface area (Å²) in [6.45, 7) is 1.84. The van der Waals surface area contributed by atoms with E-state index in [9.17, 15) is 8.42 Å². The second kappa shape index (κ2) is 6.60. The first-order valence-electron chi connectivity index (χ1n) is 6.50. The molecule has 21 heavy (non-hydrogen) atoms. The van der Waals surface area contributed by atoms with Crippen LogP contribution in [-0.4, -0.2) is 14.5 Å². The normalized spacial score (nSPS) is 13.0. The van der Waals surface area contributed by atoms with Gasteiger partial charge < -0.3 is 5.73 Å². The lowest BCUT2D eigenvalue weighted by molar-refractivity contribution is 0.559. The first kappa shape index (κ1) is 16.0. The van der Waals surface area contributed by atoms with Gasteiger partial charge in [-0.1, -0.05) is 30.3 Å². The van der Waals surface area contributed by atoms with Gasteiger partial charge in [-0.25, -0.2) is 13.1 Å². The number of nitrogens with one attached hydrogen (secondary N) is 1. The molecule has 6 heteroatoms. The Labute approximate surface area is 133 Å². The molecular formula is C15H17BrN2O2S. The molecule has 0 saturated heterocycles. The fourth-order valence-electron chi connectivity index (χ4n) is 2.07. The van der Waals surface area contributed by atoms with Crippen molar-refractivity contribution in [2.75, 3.05) is 5.73 Å². The fourth-order valence-corrected chi connectivity index (χ4v) is 4.41. The molecule has 0 spiro atoms. The minimum absolute atomic E-state index is 0.191. The summed E-state index contributed by atoms with van der Waals surface area (Å²) in [5.41, 5.74) is 7.23. The van der Waals surface area contributed by atoms with Crippen LogP contribution in [0.15, 0.2) is 57.9 Å². The summed E-state index contributed by atoms with van der Waals surface area (Å²) >= 11 is 3.24. The molecule has 1 unspecified atom stereocenters. The third-order valence-corrected chi connectivity index (χ3v) is 5.55. The second-order valence-corrected chi connectivity index (χ2v) is 7.44. The van der Waals surface area contributed by atoms with E-state index in [1.807, 2.05) is 37.3 Å². The molecule has 0 aliphatic rings. The molecule has 4 nitrogen and oxygen atoms in total. The van der Waals surface area contributed by atoms with E-state index in [4.69, 9.17) is 5.73 Å². The molecule has 2 rings (SSSR count). The van der Waals surface area contributed by atoms with E-state index >= 15 is 0 Å². The van der Waals surface area contributed by atoms with Crippen molar-refractivity contribution in [2.45, 2.75) is 24.3 Å². The Bertz CT molecular complexity index is 718. The molecule has 2 aromatic carbocycles. The summed E-state index contributed by atoms with van der Waals surface area (Å²) < 4.78 is 27.9. The number of halogens is 1. The van der Waals surface area contributed by atoms with Crippen molar-refractivity contribution in [1.82, 2.24) is 4.72 Å². The van der Waals surface area contributed by atoms with Crippen molar-refractivity contribution in [3.05, 3.63) is 58.6 Å². The molecule has 3 N–H and O–H groups in total. The maximum absolute atomic E-state index is 12.4. The fraction of sp³-hybridized carbons (Fsp3) is 0.200. The van der Waals surface area contributed by atoms with Gasteiger partial charge in [-0.15, -0.1) is 0 Å². The summed E-state index contributed by atoms with van der Waals surface area (Å²) in [6, 6.07) is 14.2. The molecular weight excluding hydrogens is 352 g/mol. The Morgan fingerprint density at radius 3 is 2.48 bits per heavy atom. The highest BCUT2D eigenvalue weighted by molar-refractivity contribution is 9.10. The molecule has 0 aromatic heterocycles. The summed E-state index contributed by atoms with van der Waals surface area (Å²) in [5, 5.41) is 0. The highest BCUT2D eigenvalue weighted by atomic mass is 79.9. The third-order valence-electron chi connectivity index (χ3n) is 2.99. The van der Waals surface area contributed by atoms with Crippen molar-refractivity contribution >= 4 is 31.6 Å². The minimum Gasteiger partial charge on any atom is -0.399 e. The van der Waals surface area contributed by atoms with Crippen LogP contribution in [0, 0.1) is 0 Å². The summed E-state index contributed by atoms with van der Waals surface area (Å²) in [6.07, 6.45) is 0.632. The lowest BCUT2D eigenvalue weighted by Gasteiger charge is -2.15. The smallest absolute Gasteiger partial charge is 0.241 e. The first-order chi connectivity index (χ1) is 9.88. The molecule has 0 saturated carbocycles. The lowest BCUT2D eigenvalue weighted by Crippen LogP contribution is -2.34. The predicted octanol–water partition coefficient (Wildman–Crippen LogP) is 2.94. The van der Waals surface area contributed by atoms with E-state index in [1.165, 1.54) is 6.07 Å². The highest BCUT2D eigenvalue weighted by Gasteiger charge is 2.20. The number of nitrogen functional groups attached to an aromatic ring is 1. The maximum atomic E-state index is 12.4. The third kappa shape index (κ3) is 4.30. The summed E-state index contributed by atoms with van der Waals surface area (Å²) in [7, 11) is -3.58. The Hall–Kier alpha value is -1.37. The van der Waals surface area contributed by atoms with Gasteiger partial charge in [-0.05, 0) is 53.0 Å². The molecule has 112 valence electrons. The molecule has 0 aliphatic heterocycles. The van der Waals surface area contributed by atoms with Crippen LogP contribution < -0.4 is 10.5 Å². The van der Waals surface area contributed by atoms with Gasteiger partial charge in [0.05, 0.1) is 4.90 Å². The molecule has 0 radical (unpaired) electrons. The molecule has 2 aromatic rings. The molecule has 0 bridgehead atoms. The van der Waals surface area contributed by atoms with Gasteiger partial charge in [0.1, 0.15) is 0 Å². The topological polar surface area (TPSA) is 72.2 Å². The Kier molecular flexibility index (Phi) is 5.03. The number of nitrogens with two attached hydrogens (primary N) is 1. The second-order valence-electron chi connectivity index (χ2n) is 4.90. The van der Waals surface area contributed by atoms with E-state index in [0.29, 0.717) is 16.6 Å². The predicted molar refractivity (Wildman–Crippen MR) is 88.5 cm³/mol. The zero-order valence-electron chi connectivity index (χ0n) is 11.6. The minimum atomic E-state index is -3.58. The summed E-state index contributed by atoms with van der Waals surface area (Å²) in [4.78, 5) is 0.191. The van der Waals surface area contributed by atoms with Gasteiger partial charge in [0.2, 0.25) is 10.0 Å². The number of rotatable bonds is 5. The quantitative estimate of drug-likeness (QED) is 0.796. The van der Waals surface area contributed by atoms with Gasteiger partial charge in [0, 0.05) is 16.2 Å². The van der Waals surface area contributed by atoms with Gasteiger partial charge in [-0.3, -0.25) is 0 Å². The van der Waals surface area contributed by atoms with Crippen LogP contribution >= 0.6 is 15.9 Å². The van der Waals surface area contributed by atoms with Crippen LogP contribution in [0.3, 0.4) is 0 Å². The Morgan fingerprint density at radius 2 is 1.86 bits per heavy atom. The van der Waals surface area contributed by atoms with Gasteiger partial charge in [0.15, 0.2) is 0 Å². The van der Waals surface area contributed by atoms with Gasteiger partial charge in [0.25, 0.3) is 0 Å². The molecule has 0 aliphatic carbocycles. The Morgan fingerprint density at radius 1 is 1.19 bits per heavy atom. The molecule has 0 fully saturated rings.